The molecule has 1 heterocycles. The number of hydrogen-bond acceptors (Lipinski definition) is 3. The molecule has 1 aromatic carbocycles. The molecule has 0 unspecified atom stereocenters. The van der Waals surface area contributed by atoms with E-state index in [2.05, 4.69) is 28.6 Å². The van der Waals surface area contributed by atoms with Crippen molar-refractivity contribution in [2.45, 2.75) is 32.9 Å². The van der Waals surface area contributed by atoms with Crippen molar-refractivity contribution in [2.24, 2.45) is 0 Å². The molecule has 1 amide bonds. The lowest BCUT2D eigenvalue weighted by atomic mass is 10.1. The van der Waals surface area contributed by atoms with Gasteiger partial charge in [-0.1, -0.05) is 25.1 Å². The fourth-order valence-electron chi connectivity index (χ4n) is 2.00. The highest BCUT2D eigenvalue weighted by atomic mass is 16.1. The Bertz CT molecular complexity index is 566. The van der Waals surface area contributed by atoms with Crippen molar-refractivity contribution in [2.75, 3.05) is 5.32 Å². The van der Waals surface area contributed by atoms with E-state index in [9.17, 15) is 4.79 Å². The highest BCUT2D eigenvalue weighted by Gasteiger charge is 2.05. The van der Waals surface area contributed by atoms with E-state index in [-0.39, 0.29) is 11.9 Å². The van der Waals surface area contributed by atoms with Gasteiger partial charge < -0.3 is 10.6 Å². The van der Waals surface area contributed by atoms with Crippen LogP contribution < -0.4 is 10.6 Å². The first-order valence-corrected chi connectivity index (χ1v) is 7.21. The fourth-order valence-corrected chi connectivity index (χ4v) is 2.00. The average molecular weight is 283 g/mol. The molecule has 0 radical (unpaired) electrons. The first kappa shape index (κ1) is 15.2. The van der Waals surface area contributed by atoms with Crippen LogP contribution in [0.5, 0.6) is 0 Å². The summed E-state index contributed by atoms with van der Waals surface area (Å²) in [5.74, 6) is 0.0329. The first-order chi connectivity index (χ1) is 10.2. The van der Waals surface area contributed by atoms with Gasteiger partial charge in [-0.05, 0) is 36.2 Å². The van der Waals surface area contributed by atoms with Crippen molar-refractivity contribution in [3.8, 4) is 0 Å². The Morgan fingerprint density at radius 2 is 2.00 bits per heavy atom. The zero-order valence-electron chi connectivity index (χ0n) is 12.5. The van der Waals surface area contributed by atoms with Crippen LogP contribution >= 0.6 is 0 Å². The Morgan fingerprint density at radius 1 is 1.24 bits per heavy atom. The Hall–Kier alpha value is -2.20. The van der Waals surface area contributed by atoms with Crippen LogP contribution in [0.1, 0.15) is 37.4 Å². The largest absolute Gasteiger partial charge is 0.326 e. The van der Waals surface area contributed by atoms with Crippen molar-refractivity contribution >= 4 is 11.6 Å². The molecule has 0 aliphatic rings. The van der Waals surface area contributed by atoms with E-state index in [1.165, 1.54) is 5.56 Å². The molecule has 0 aliphatic heterocycles. The fraction of sp³-hybridized carbons (Fsp3) is 0.294. The molecule has 2 aromatic rings. The molecule has 0 fully saturated rings. The van der Waals surface area contributed by atoms with E-state index in [1.54, 1.807) is 6.20 Å². The van der Waals surface area contributed by atoms with Crippen LogP contribution in [0.3, 0.4) is 0 Å². The number of nitrogens with one attached hydrogen (secondary N) is 2. The van der Waals surface area contributed by atoms with E-state index in [1.807, 2.05) is 43.5 Å². The van der Waals surface area contributed by atoms with Gasteiger partial charge in [0.05, 0.1) is 0 Å². The second-order valence-corrected chi connectivity index (χ2v) is 4.99. The molecule has 1 atom stereocenters. The lowest BCUT2D eigenvalue weighted by Gasteiger charge is -2.15. The maximum atomic E-state index is 11.3. The zero-order valence-corrected chi connectivity index (χ0v) is 12.5. The van der Waals surface area contributed by atoms with E-state index in [0.29, 0.717) is 6.42 Å². The molecule has 110 valence electrons. The van der Waals surface area contributed by atoms with Gasteiger partial charge in [0.2, 0.25) is 5.91 Å². The lowest BCUT2D eigenvalue weighted by Crippen LogP contribution is -2.18. The zero-order chi connectivity index (χ0) is 15.1. The minimum atomic E-state index is 0.0329. The monoisotopic (exact) mass is 283 g/mol. The van der Waals surface area contributed by atoms with Gasteiger partial charge in [0, 0.05) is 37.1 Å². The standard InChI is InChI=1S/C17H21N3O/c1-3-17(21)20-16-8-6-15(7-9-16)13(2)19-12-14-5-4-10-18-11-14/h4-11,13,19H,3,12H2,1-2H3,(H,20,21)/t13-/m1/s1. The summed E-state index contributed by atoms with van der Waals surface area (Å²) < 4.78 is 0. The van der Waals surface area contributed by atoms with Gasteiger partial charge in [-0.3, -0.25) is 9.78 Å². The molecule has 0 aliphatic carbocycles. The topological polar surface area (TPSA) is 54.0 Å². The smallest absolute Gasteiger partial charge is 0.224 e. The van der Waals surface area contributed by atoms with Gasteiger partial charge >= 0.3 is 0 Å². The number of benzene rings is 1. The Morgan fingerprint density at radius 3 is 2.62 bits per heavy atom. The molecule has 0 saturated carbocycles. The number of aromatic nitrogens is 1. The van der Waals surface area contributed by atoms with Crippen molar-refractivity contribution < 1.29 is 4.79 Å². The summed E-state index contributed by atoms with van der Waals surface area (Å²) >= 11 is 0. The number of carbonyl (C=O) groups excluding carboxylic acids is 1. The van der Waals surface area contributed by atoms with Crippen LogP contribution in [0.25, 0.3) is 0 Å². The van der Waals surface area contributed by atoms with Crippen LogP contribution in [-0.4, -0.2) is 10.9 Å². The van der Waals surface area contributed by atoms with Crippen molar-refractivity contribution in [1.29, 1.82) is 0 Å². The summed E-state index contributed by atoms with van der Waals surface area (Å²) in [5.41, 5.74) is 3.19. The van der Waals surface area contributed by atoms with Gasteiger partial charge in [-0.2, -0.15) is 0 Å². The van der Waals surface area contributed by atoms with Gasteiger partial charge in [0.25, 0.3) is 0 Å². The molecule has 0 saturated heterocycles. The summed E-state index contributed by atoms with van der Waals surface area (Å²) in [4.78, 5) is 15.4. The van der Waals surface area contributed by atoms with E-state index in [4.69, 9.17) is 0 Å². The maximum Gasteiger partial charge on any atom is 0.224 e. The third-order valence-electron chi connectivity index (χ3n) is 3.35. The van der Waals surface area contributed by atoms with E-state index < -0.39 is 0 Å². The Balaban J connectivity index is 1.90. The first-order valence-electron chi connectivity index (χ1n) is 7.21. The van der Waals surface area contributed by atoms with Crippen LogP contribution in [-0.2, 0) is 11.3 Å². The number of rotatable bonds is 6. The molecular formula is C17H21N3O. The average Bonchev–Trinajstić information content (AvgIpc) is 2.54. The van der Waals surface area contributed by atoms with Crippen molar-refractivity contribution in [3.63, 3.8) is 0 Å². The summed E-state index contributed by atoms with van der Waals surface area (Å²) in [7, 11) is 0. The SMILES string of the molecule is CCC(=O)Nc1ccc([C@@H](C)NCc2cccnc2)cc1. The predicted molar refractivity (Wildman–Crippen MR) is 84.9 cm³/mol. The molecular weight excluding hydrogens is 262 g/mol. The van der Waals surface area contributed by atoms with Crippen molar-refractivity contribution in [3.05, 3.63) is 59.9 Å². The molecule has 4 heteroatoms. The second-order valence-electron chi connectivity index (χ2n) is 4.99. The van der Waals surface area contributed by atoms with Crippen LogP contribution in [0, 0.1) is 0 Å². The van der Waals surface area contributed by atoms with Crippen molar-refractivity contribution in [1.82, 2.24) is 10.3 Å². The van der Waals surface area contributed by atoms with Crippen LogP contribution in [0.15, 0.2) is 48.8 Å². The lowest BCUT2D eigenvalue weighted by molar-refractivity contribution is -0.115. The summed E-state index contributed by atoms with van der Waals surface area (Å²) in [5, 5.41) is 6.31. The number of amides is 1. The highest BCUT2D eigenvalue weighted by Crippen LogP contribution is 2.16. The molecule has 21 heavy (non-hydrogen) atoms. The summed E-state index contributed by atoms with van der Waals surface area (Å²) in [6.07, 6.45) is 4.13. The maximum absolute atomic E-state index is 11.3. The molecule has 4 nitrogen and oxygen atoms in total. The molecule has 1 aromatic heterocycles. The molecule has 2 N–H and O–H groups in total. The highest BCUT2D eigenvalue weighted by molar-refractivity contribution is 5.90. The number of nitrogens with zero attached hydrogens (tertiary/aromatic N) is 1. The number of carbonyl (C=O) groups is 1. The minimum Gasteiger partial charge on any atom is -0.326 e. The van der Waals surface area contributed by atoms with Gasteiger partial charge in [-0.25, -0.2) is 0 Å². The molecule has 2 rings (SSSR count). The Labute approximate surface area is 125 Å². The second kappa shape index (κ2) is 7.55. The predicted octanol–water partition coefficient (Wildman–Crippen LogP) is 3.28. The van der Waals surface area contributed by atoms with E-state index in [0.717, 1.165) is 17.8 Å². The van der Waals surface area contributed by atoms with Gasteiger partial charge in [0.1, 0.15) is 0 Å². The van der Waals surface area contributed by atoms with E-state index >= 15 is 0 Å². The molecule has 0 bridgehead atoms. The van der Waals surface area contributed by atoms with Gasteiger partial charge in [0.15, 0.2) is 0 Å². The van der Waals surface area contributed by atoms with Gasteiger partial charge in [-0.15, -0.1) is 0 Å². The van der Waals surface area contributed by atoms with Crippen LogP contribution in [0.2, 0.25) is 0 Å². The number of pyridine rings is 1. The number of hydrogen-bond donors (Lipinski definition) is 2. The normalized spacial score (nSPS) is 11.9. The Kier molecular flexibility index (Phi) is 5.46. The molecule has 0 spiro atoms. The summed E-state index contributed by atoms with van der Waals surface area (Å²) in [6, 6.07) is 12.2. The minimum absolute atomic E-state index is 0.0329. The van der Waals surface area contributed by atoms with Crippen LogP contribution in [0.4, 0.5) is 5.69 Å². The summed E-state index contributed by atoms with van der Waals surface area (Å²) in [6.45, 7) is 4.74. The third-order valence-corrected chi connectivity index (χ3v) is 3.35. The quantitative estimate of drug-likeness (QED) is 0.855. The third kappa shape index (κ3) is 4.68. The number of anilines is 1.